The van der Waals surface area contributed by atoms with Crippen LogP contribution in [0.3, 0.4) is 0 Å². The molecule has 1 aromatic carbocycles. The molecule has 0 bridgehead atoms. The highest BCUT2D eigenvalue weighted by molar-refractivity contribution is 6.18. The van der Waals surface area contributed by atoms with E-state index in [1.165, 1.54) is 12.1 Å². The summed E-state index contributed by atoms with van der Waals surface area (Å²) in [7, 11) is 0. The van der Waals surface area contributed by atoms with Crippen molar-refractivity contribution < 1.29 is 20.1 Å². The van der Waals surface area contributed by atoms with E-state index in [0.717, 1.165) is 5.56 Å². The maximum Gasteiger partial charge on any atom is 0.336 e. The summed E-state index contributed by atoms with van der Waals surface area (Å²) in [6.45, 7) is 1.75. The van der Waals surface area contributed by atoms with Gasteiger partial charge < -0.3 is 15.3 Å². The molecule has 16 heavy (non-hydrogen) atoms. The highest BCUT2D eigenvalue weighted by Gasteiger charge is 2.22. The van der Waals surface area contributed by atoms with Gasteiger partial charge in [-0.1, -0.05) is 17.7 Å². The summed E-state index contributed by atoms with van der Waals surface area (Å²) in [5.74, 6) is -1.30. The minimum Gasteiger partial charge on any atom is -0.478 e. The number of hydrogen-bond acceptors (Lipinski definition) is 3. The lowest BCUT2D eigenvalue weighted by Crippen LogP contribution is -2.22. The normalized spacial score (nSPS) is 14.5. The lowest BCUT2D eigenvalue weighted by Gasteiger charge is -2.18. The molecule has 0 aliphatic heterocycles. The van der Waals surface area contributed by atoms with E-state index in [4.69, 9.17) is 16.7 Å². The van der Waals surface area contributed by atoms with Gasteiger partial charge in [0, 0.05) is 0 Å². The number of rotatable bonds is 4. The number of alkyl halides is 1. The van der Waals surface area contributed by atoms with Crippen LogP contribution in [0, 0.1) is 6.92 Å². The molecular weight excluding hydrogens is 232 g/mol. The van der Waals surface area contributed by atoms with E-state index < -0.39 is 18.2 Å². The maximum atomic E-state index is 11.0. The zero-order chi connectivity index (χ0) is 12.3. The summed E-state index contributed by atoms with van der Waals surface area (Å²) in [5.41, 5.74) is 0.927. The fourth-order valence-electron chi connectivity index (χ4n) is 1.40. The van der Waals surface area contributed by atoms with Crippen LogP contribution in [-0.4, -0.2) is 33.3 Å². The second kappa shape index (κ2) is 5.30. The molecule has 0 aliphatic carbocycles. The topological polar surface area (TPSA) is 77.8 Å². The fourth-order valence-corrected chi connectivity index (χ4v) is 1.57. The van der Waals surface area contributed by atoms with E-state index in [9.17, 15) is 15.0 Å². The van der Waals surface area contributed by atoms with E-state index in [2.05, 4.69) is 0 Å². The van der Waals surface area contributed by atoms with Crippen LogP contribution in [0.25, 0.3) is 0 Å². The smallest absolute Gasteiger partial charge is 0.336 e. The maximum absolute atomic E-state index is 11.0. The number of aromatic carboxylic acids is 1. The number of aryl methyl sites for hydroxylation is 1. The Morgan fingerprint density at radius 1 is 1.44 bits per heavy atom. The molecule has 0 fully saturated rings. The van der Waals surface area contributed by atoms with Gasteiger partial charge in [0.2, 0.25) is 0 Å². The van der Waals surface area contributed by atoms with Gasteiger partial charge in [0.1, 0.15) is 6.10 Å². The molecule has 5 heteroatoms. The molecule has 0 amide bonds. The average Bonchev–Trinajstić information content (AvgIpc) is 2.26. The van der Waals surface area contributed by atoms with Crippen molar-refractivity contribution >= 4 is 17.6 Å². The van der Waals surface area contributed by atoms with Crippen LogP contribution < -0.4 is 0 Å². The molecule has 0 aromatic heterocycles. The first-order chi connectivity index (χ1) is 7.47. The highest BCUT2D eigenvalue weighted by atomic mass is 35.5. The first-order valence-corrected chi connectivity index (χ1v) is 5.26. The zero-order valence-electron chi connectivity index (χ0n) is 8.72. The minimum absolute atomic E-state index is 0.0170. The molecule has 0 spiro atoms. The van der Waals surface area contributed by atoms with Crippen molar-refractivity contribution in [1.82, 2.24) is 0 Å². The Morgan fingerprint density at radius 3 is 2.56 bits per heavy atom. The molecule has 0 aliphatic rings. The van der Waals surface area contributed by atoms with Gasteiger partial charge in [-0.25, -0.2) is 4.79 Å². The third-order valence-electron chi connectivity index (χ3n) is 2.28. The first kappa shape index (κ1) is 13.0. The lowest BCUT2D eigenvalue weighted by atomic mass is 9.97. The Labute approximate surface area is 98.1 Å². The van der Waals surface area contributed by atoms with Crippen LogP contribution in [0.5, 0.6) is 0 Å². The van der Waals surface area contributed by atoms with Crippen molar-refractivity contribution in [3.63, 3.8) is 0 Å². The largest absolute Gasteiger partial charge is 0.478 e. The molecule has 2 unspecified atom stereocenters. The van der Waals surface area contributed by atoms with Crippen LogP contribution in [-0.2, 0) is 0 Å². The molecule has 3 N–H and O–H groups in total. The van der Waals surface area contributed by atoms with Crippen molar-refractivity contribution in [3.8, 4) is 0 Å². The van der Waals surface area contributed by atoms with Crippen molar-refractivity contribution in [1.29, 1.82) is 0 Å². The van der Waals surface area contributed by atoms with Gasteiger partial charge in [0.25, 0.3) is 0 Å². The fraction of sp³-hybridized carbons (Fsp3) is 0.364. The Morgan fingerprint density at radius 2 is 2.06 bits per heavy atom. The molecule has 0 saturated heterocycles. The van der Waals surface area contributed by atoms with E-state index in [0.29, 0.717) is 0 Å². The molecule has 0 heterocycles. The van der Waals surface area contributed by atoms with Crippen molar-refractivity contribution in [3.05, 3.63) is 34.9 Å². The molecule has 1 aromatic rings. The molecule has 0 radical (unpaired) electrons. The van der Waals surface area contributed by atoms with Crippen molar-refractivity contribution in [2.75, 3.05) is 5.88 Å². The Hall–Kier alpha value is -1.10. The number of hydrogen-bond donors (Lipinski definition) is 3. The standard InChI is InChI=1S/C11H13ClO4/c1-6-2-3-7(8(4-6)11(15)16)10(14)9(13)5-12/h2-4,9-10,13-14H,5H2,1H3,(H,15,16). The predicted molar refractivity (Wildman–Crippen MR) is 59.8 cm³/mol. The van der Waals surface area contributed by atoms with E-state index in [1.807, 2.05) is 0 Å². The van der Waals surface area contributed by atoms with Crippen molar-refractivity contribution in [2.45, 2.75) is 19.1 Å². The van der Waals surface area contributed by atoms with E-state index >= 15 is 0 Å². The minimum atomic E-state index is -1.29. The van der Waals surface area contributed by atoms with Crippen LogP contribution in [0.2, 0.25) is 0 Å². The van der Waals surface area contributed by atoms with Crippen LogP contribution in [0.1, 0.15) is 27.6 Å². The van der Waals surface area contributed by atoms with Crippen LogP contribution in [0.4, 0.5) is 0 Å². The predicted octanol–water partition coefficient (Wildman–Crippen LogP) is 1.33. The zero-order valence-corrected chi connectivity index (χ0v) is 9.48. The number of carboxylic acids is 1. The number of carboxylic acid groups (broad SMARTS) is 1. The summed E-state index contributed by atoms with van der Waals surface area (Å²) in [6.07, 6.45) is -2.47. The number of aliphatic hydroxyl groups is 2. The molecule has 0 saturated carbocycles. The van der Waals surface area contributed by atoms with Gasteiger partial charge in [-0.05, 0) is 18.6 Å². The average molecular weight is 245 g/mol. The third kappa shape index (κ3) is 2.72. The van der Waals surface area contributed by atoms with Gasteiger partial charge >= 0.3 is 5.97 Å². The van der Waals surface area contributed by atoms with Crippen LogP contribution >= 0.6 is 11.6 Å². The van der Waals surface area contributed by atoms with Gasteiger partial charge in [-0.2, -0.15) is 0 Å². The molecule has 4 nitrogen and oxygen atoms in total. The number of benzene rings is 1. The number of halogens is 1. The summed E-state index contributed by atoms with van der Waals surface area (Å²) in [6, 6.07) is 4.60. The molecule has 2 atom stereocenters. The Bertz CT molecular complexity index is 392. The van der Waals surface area contributed by atoms with E-state index in [-0.39, 0.29) is 17.0 Å². The molecular formula is C11H13ClO4. The summed E-state index contributed by atoms with van der Waals surface area (Å²) < 4.78 is 0. The van der Waals surface area contributed by atoms with Gasteiger partial charge in [-0.15, -0.1) is 11.6 Å². The summed E-state index contributed by atoms with van der Waals surface area (Å²) in [5, 5.41) is 28.1. The van der Waals surface area contributed by atoms with Gasteiger partial charge in [0.15, 0.2) is 0 Å². The second-order valence-corrected chi connectivity index (χ2v) is 3.87. The second-order valence-electron chi connectivity index (χ2n) is 3.56. The molecule has 1 rings (SSSR count). The number of carbonyl (C=O) groups is 1. The highest BCUT2D eigenvalue weighted by Crippen LogP contribution is 2.23. The Balaban J connectivity index is 3.17. The van der Waals surface area contributed by atoms with E-state index in [1.54, 1.807) is 13.0 Å². The summed E-state index contributed by atoms with van der Waals surface area (Å²) in [4.78, 5) is 11.0. The van der Waals surface area contributed by atoms with Crippen LogP contribution in [0.15, 0.2) is 18.2 Å². The Kier molecular flexibility index (Phi) is 4.29. The molecule has 88 valence electrons. The van der Waals surface area contributed by atoms with Crippen molar-refractivity contribution in [2.24, 2.45) is 0 Å². The first-order valence-electron chi connectivity index (χ1n) is 4.73. The third-order valence-corrected chi connectivity index (χ3v) is 2.60. The number of aliphatic hydroxyl groups excluding tert-OH is 2. The monoisotopic (exact) mass is 244 g/mol. The summed E-state index contributed by atoms with van der Waals surface area (Å²) >= 11 is 5.40. The lowest BCUT2D eigenvalue weighted by molar-refractivity contribution is 0.0313. The SMILES string of the molecule is Cc1ccc(C(O)C(O)CCl)c(C(=O)O)c1. The quantitative estimate of drug-likeness (QED) is 0.699. The van der Waals surface area contributed by atoms with Gasteiger partial charge in [-0.3, -0.25) is 0 Å². The van der Waals surface area contributed by atoms with Gasteiger partial charge in [0.05, 0.1) is 17.5 Å².